The molecule has 1 N–H and O–H groups in total. The smallest absolute Gasteiger partial charge is 0.309 e. The number of nitrogens with zero attached hydrogens (tertiary/aromatic N) is 1. The number of amides is 1. The van der Waals surface area contributed by atoms with Gasteiger partial charge in [0.25, 0.3) is 5.91 Å². The first-order chi connectivity index (χ1) is 16.5. The maximum atomic E-state index is 12.8. The minimum Gasteiger partial charge on any atom is -0.497 e. The van der Waals surface area contributed by atoms with Crippen molar-refractivity contribution in [1.29, 1.82) is 0 Å². The molecule has 0 saturated carbocycles. The molecular weight excluding hydrogens is 452 g/mol. The van der Waals surface area contributed by atoms with Gasteiger partial charge < -0.3 is 19.2 Å². The molecule has 1 aromatic carbocycles. The summed E-state index contributed by atoms with van der Waals surface area (Å²) in [6.07, 6.45) is 2.95. The largest absolute Gasteiger partial charge is 0.497 e. The van der Waals surface area contributed by atoms with E-state index in [1.54, 1.807) is 30.6 Å². The van der Waals surface area contributed by atoms with E-state index in [0.717, 1.165) is 52.7 Å². The fraction of sp³-hybridized carbons (Fsp3) is 0.385. The third-order valence-electron chi connectivity index (χ3n) is 6.07. The van der Waals surface area contributed by atoms with E-state index < -0.39 is 0 Å². The van der Waals surface area contributed by atoms with Crippen molar-refractivity contribution in [3.05, 3.63) is 70.5 Å². The van der Waals surface area contributed by atoms with Crippen molar-refractivity contribution in [2.75, 3.05) is 32.1 Å². The molecule has 8 heteroatoms. The van der Waals surface area contributed by atoms with Crippen molar-refractivity contribution in [2.45, 2.75) is 32.7 Å². The summed E-state index contributed by atoms with van der Waals surface area (Å²) in [4.78, 5) is 28.5. The van der Waals surface area contributed by atoms with Crippen LogP contribution in [0.15, 0.2) is 53.1 Å². The van der Waals surface area contributed by atoms with Crippen LogP contribution in [0, 0.1) is 12.8 Å². The molecule has 34 heavy (non-hydrogen) atoms. The van der Waals surface area contributed by atoms with Gasteiger partial charge in [0.05, 0.1) is 31.9 Å². The van der Waals surface area contributed by atoms with Crippen molar-refractivity contribution >= 4 is 28.2 Å². The van der Waals surface area contributed by atoms with Gasteiger partial charge in [-0.05, 0) is 75.7 Å². The first-order valence-electron chi connectivity index (χ1n) is 11.5. The van der Waals surface area contributed by atoms with Gasteiger partial charge in [-0.15, -0.1) is 11.3 Å². The van der Waals surface area contributed by atoms with Crippen LogP contribution in [0.25, 0.3) is 0 Å². The molecule has 1 fully saturated rings. The van der Waals surface area contributed by atoms with Gasteiger partial charge >= 0.3 is 5.97 Å². The zero-order valence-electron chi connectivity index (χ0n) is 19.7. The molecule has 0 radical (unpaired) electrons. The summed E-state index contributed by atoms with van der Waals surface area (Å²) >= 11 is 1.54. The van der Waals surface area contributed by atoms with Crippen LogP contribution in [-0.2, 0) is 9.53 Å². The number of hydrogen-bond donors (Lipinski definition) is 1. The average molecular weight is 483 g/mol. The molecule has 0 spiro atoms. The highest BCUT2D eigenvalue weighted by molar-refractivity contribution is 7.16. The van der Waals surface area contributed by atoms with E-state index in [9.17, 15) is 9.59 Å². The van der Waals surface area contributed by atoms with Crippen LogP contribution in [0.2, 0.25) is 0 Å². The van der Waals surface area contributed by atoms with E-state index in [-0.39, 0.29) is 29.6 Å². The zero-order chi connectivity index (χ0) is 24.1. The monoisotopic (exact) mass is 482 g/mol. The lowest BCUT2D eigenvalue weighted by Gasteiger charge is -2.37. The van der Waals surface area contributed by atoms with E-state index >= 15 is 0 Å². The predicted octanol–water partition coefficient (Wildman–Crippen LogP) is 5.27. The summed E-state index contributed by atoms with van der Waals surface area (Å²) in [5.41, 5.74) is 2.09. The second-order valence-corrected chi connectivity index (χ2v) is 9.57. The van der Waals surface area contributed by atoms with Crippen LogP contribution in [0.3, 0.4) is 0 Å². The molecule has 1 atom stereocenters. The lowest BCUT2D eigenvalue weighted by molar-refractivity contribution is -0.149. The number of aryl methyl sites for hydroxylation is 1. The summed E-state index contributed by atoms with van der Waals surface area (Å²) in [6, 6.07) is 13.4. The molecule has 3 heterocycles. The number of carbonyl (C=O) groups excluding carboxylic acids is 2. The molecule has 0 aliphatic carbocycles. The van der Waals surface area contributed by atoms with Crippen LogP contribution in [0.1, 0.15) is 52.4 Å². The Bertz CT molecular complexity index is 1120. The molecule has 0 bridgehead atoms. The highest BCUT2D eigenvalue weighted by Crippen LogP contribution is 2.41. The zero-order valence-corrected chi connectivity index (χ0v) is 20.5. The number of likely N-dealkylation sites (tertiary alicyclic amines) is 1. The minimum atomic E-state index is -0.279. The van der Waals surface area contributed by atoms with E-state index in [2.05, 4.69) is 22.3 Å². The van der Waals surface area contributed by atoms with E-state index in [0.29, 0.717) is 6.61 Å². The second-order valence-electron chi connectivity index (χ2n) is 8.31. The Labute approximate surface area is 203 Å². The summed E-state index contributed by atoms with van der Waals surface area (Å²) in [7, 11) is 1.66. The third kappa shape index (κ3) is 5.34. The number of rotatable bonds is 8. The first kappa shape index (κ1) is 24.0. The number of esters is 1. The Kier molecular flexibility index (Phi) is 7.70. The highest BCUT2D eigenvalue weighted by atomic mass is 32.1. The van der Waals surface area contributed by atoms with Gasteiger partial charge in [0.1, 0.15) is 10.8 Å². The predicted molar refractivity (Wildman–Crippen MR) is 131 cm³/mol. The fourth-order valence-electron chi connectivity index (χ4n) is 4.46. The van der Waals surface area contributed by atoms with Gasteiger partial charge in [-0.1, -0.05) is 12.1 Å². The van der Waals surface area contributed by atoms with Crippen molar-refractivity contribution in [1.82, 2.24) is 4.90 Å². The number of nitrogens with one attached hydrogen (secondary N) is 1. The number of benzene rings is 1. The van der Waals surface area contributed by atoms with Gasteiger partial charge in [-0.3, -0.25) is 14.5 Å². The molecule has 3 aromatic rings. The number of methoxy groups -OCH3 is 1. The van der Waals surface area contributed by atoms with E-state index in [1.807, 2.05) is 32.0 Å². The summed E-state index contributed by atoms with van der Waals surface area (Å²) < 4.78 is 16.0. The van der Waals surface area contributed by atoms with Crippen LogP contribution >= 0.6 is 11.3 Å². The van der Waals surface area contributed by atoms with E-state index in [4.69, 9.17) is 13.9 Å². The van der Waals surface area contributed by atoms with Crippen LogP contribution in [0.5, 0.6) is 5.75 Å². The van der Waals surface area contributed by atoms with Crippen molar-refractivity contribution in [3.8, 4) is 5.75 Å². The fourth-order valence-corrected chi connectivity index (χ4v) is 5.40. The quantitative estimate of drug-likeness (QED) is 0.440. The molecule has 1 aliphatic heterocycles. The molecule has 1 aliphatic rings. The molecule has 0 unspecified atom stereocenters. The lowest BCUT2D eigenvalue weighted by atomic mass is 9.91. The highest BCUT2D eigenvalue weighted by Gasteiger charge is 2.33. The second kappa shape index (κ2) is 10.9. The molecule has 4 rings (SSSR count). The number of carbonyl (C=O) groups is 2. The third-order valence-corrected chi connectivity index (χ3v) is 7.06. The number of furan rings is 1. The molecule has 1 saturated heterocycles. The Morgan fingerprint density at radius 1 is 1.21 bits per heavy atom. The van der Waals surface area contributed by atoms with Gasteiger partial charge in [-0.2, -0.15) is 0 Å². The molecule has 1 amide bonds. The number of hydrogen-bond acceptors (Lipinski definition) is 7. The first-order valence-corrected chi connectivity index (χ1v) is 12.3. The summed E-state index contributed by atoms with van der Waals surface area (Å²) in [5.74, 6) is 0.572. The maximum absolute atomic E-state index is 12.8. The SMILES string of the molecule is CCOC(=O)C1CCN([C@@H](c2cccc(OC)c2)c2cc(C)sc2NC(=O)c2ccco2)CC1. The van der Waals surface area contributed by atoms with E-state index in [1.165, 1.54) is 6.26 Å². The molecule has 180 valence electrons. The number of piperidine rings is 1. The number of ether oxygens (including phenoxy) is 2. The van der Waals surface area contributed by atoms with Gasteiger partial charge in [0, 0.05) is 10.4 Å². The van der Waals surface area contributed by atoms with Crippen molar-refractivity contribution in [3.63, 3.8) is 0 Å². The van der Waals surface area contributed by atoms with Gasteiger partial charge in [-0.25, -0.2) is 0 Å². The topological polar surface area (TPSA) is 81.0 Å². The Morgan fingerprint density at radius 3 is 2.68 bits per heavy atom. The Hall–Kier alpha value is -3.10. The van der Waals surface area contributed by atoms with Crippen LogP contribution in [-0.4, -0.2) is 43.6 Å². The summed E-state index contributed by atoms with van der Waals surface area (Å²) in [6.45, 7) is 5.76. The Balaban J connectivity index is 1.66. The van der Waals surface area contributed by atoms with Gasteiger partial charge in [0.2, 0.25) is 0 Å². The molecule has 2 aromatic heterocycles. The Morgan fingerprint density at radius 2 is 2.00 bits per heavy atom. The number of thiophene rings is 1. The average Bonchev–Trinajstić information content (AvgIpc) is 3.50. The van der Waals surface area contributed by atoms with Gasteiger partial charge in [0.15, 0.2) is 5.76 Å². The van der Waals surface area contributed by atoms with Crippen LogP contribution in [0.4, 0.5) is 5.00 Å². The van der Waals surface area contributed by atoms with Crippen LogP contribution < -0.4 is 10.1 Å². The number of anilines is 1. The molecule has 7 nitrogen and oxygen atoms in total. The van der Waals surface area contributed by atoms with Crippen molar-refractivity contribution in [2.24, 2.45) is 5.92 Å². The standard InChI is InChI=1S/C26H30N2O5S/c1-4-32-26(30)18-10-12-28(13-11-18)23(19-7-5-8-20(16-19)31-3)21-15-17(2)34-25(21)27-24(29)22-9-6-14-33-22/h5-9,14-16,18,23H,4,10-13H2,1-3H3,(H,27,29)/t23-/m0/s1. The van der Waals surface area contributed by atoms with Crippen molar-refractivity contribution < 1.29 is 23.5 Å². The minimum absolute atomic E-state index is 0.0792. The maximum Gasteiger partial charge on any atom is 0.309 e. The summed E-state index contributed by atoms with van der Waals surface area (Å²) in [5, 5.41) is 3.84. The lowest BCUT2D eigenvalue weighted by Crippen LogP contribution is -2.39. The molecular formula is C26H30N2O5S. The normalized spacial score (nSPS) is 15.6.